The van der Waals surface area contributed by atoms with Gasteiger partial charge in [-0.1, -0.05) is 35.3 Å². The highest BCUT2D eigenvalue weighted by Gasteiger charge is 2.40. The Morgan fingerprint density at radius 1 is 1.02 bits per heavy atom. The first-order valence-corrected chi connectivity index (χ1v) is 18.1. The third-order valence-electron chi connectivity index (χ3n) is 9.04. The largest absolute Gasteiger partial charge is 0.492 e. The van der Waals surface area contributed by atoms with Crippen LogP contribution in [0.1, 0.15) is 31.2 Å². The van der Waals surface area contributed by atoms with E-state index in [1.54, 1.807) is 23.9 Å². The van der Waals surface area contributed by atoms with Crippen LogP contribution < -0.4 is 14.5 Å². The molecule has 5 rings (SSSR count). The Hall–Kier alpha value is -2.33. The zero-order valence-electron chi connectivity index (χ0n) is 26.8. The average Bonchev–Trinajstić information content (AvgIpc) is 3.83. The molecule has 15 heteroatoms. The molecule has 1 saturated heterocycles. The first-order valence-electron chi connectivity index (χ1n) is 16.2. The van der Waals surface area contributed by atoms with E-state index in [4.69, 9.17) is 33.0 Å². The molecule has 0 unspecified atom stereocenters. The number of halogens is 2. The lowest BCUT2D eigenvalue weighted by Gasteiger charge is -2.39. The second-order valence-corrected chi connectivity index (χ2v) is 14.4. The molecule has 0 bridgehead atoms. The SMILES string of the molecule is CN(C[C@H](O)[C@@H](O)[C@H](O)[C@H](O)CO)C(=O)CCCOc1cc(Cl)c(CN2CSC[C@H]2C(=O)N2CCN(C3CC3)c3ccccc32)cc1Cl. The number of anilines is 2. The lowest BCUT2D eigenvalue weighted by atomic mass is 10.0. The molecular formula is C33H44Cl2N4O8S. The number of benzene rings is 2. The van der Waals surface area contributed by atoms with Crippen molar-refractivity contribution in [1.29, 1.82) is 0 Å². The maximum absolute atomic E-state index is 13.9. The van der Waals surface area contributed by atoms with Crippen molar-refractivity contribution >= 4 is 58.2 Å². The number of hydrogen-bond acceptors (Lipinski definition) is 11. The number of hydrogen-bond donors (Lipinski definition) is 5. The maximum atomic E-state index is 13.9. The number of nitrogens with zero attached hydrogens (tertiary/aromatic N) is 4. The molecule has 2 aromatic carbocycles. The molecule has 1 saturated carbocycles. The van der Waals surface area contributed by atoms with E-state index in [9.17, 15) is 30.0 Å². The number of amides is 2. The van der Waals surface area contributed by atoms with Crippen molar-refractivity contribution < 1.29 is 39.9 Å². The van der Waals surface area contributed by atoms with Crippen LogP contribution in [0.2, 0.25) is 10.0 Å². The Morgan fingerprint density at radius 2 is 1.73 bits per heavy atom. The van der Waals surface area contributed by atoms with Gasteiger partial charge in [0.2, 0.25) is 11.8 Å². The molecule has 1 aliphatic carbocycles. The molecule has 2 fully saturated rings. The molecule has 0 aromatic heterocycles. The summed E-state index contributed by atoms with van der Waals surface area (Å²) in [5.41, 5.74) is 2.88. The highest BCUT2D eigenvalue weighted by molar-refractivity contribution is 7.99. The second kappa shape index (κ2) is 16.6. The van der Waals surface area contributed by atoms with Gasteiger partial charge in [0.1, 0.15) is 30.2 Å². The van der Waals surface area contributed by atoms with Gasteiger partial charge in [-0.25, -0.2) is 0 Å². The van der Waals surface area contributed by atoms with Gasteiger partial charge in [0.05, 0.1) is 35.7 Å². The number of carbonyl (C=O) groups excluding carboxylic acids is 2. The highest BCUT2D eigenvalue weighted by Crippen LogP contribution is 2.41. The van der Waals surface area contributed by atoms with Crippen LogP contribution in [-0.4, -0.2) is 135 Å². The van der Waals surface area contributed by atoms with Gasteiger partial charge in [-0.3, -0.25) is 14.5 Å². The molecule has 264 valence electrons. The number of thioether (sulfide) groups is 1. The van der Waals surface area contributed by atoms with E-state index in [0.29, 0.717) is 53.0 Å². The summed E-state index contributed by atoms with van der Waals surface area (Å²) in [5, 5.41) is 49.1. The van der Waals surface area contributed by atoms with Crippen molar-refractivity contribution in [3.63, 3.8) is 0 Å². The van der Waals surface area contributed by atoms with E-state index in [2.05, 4.69) is 15.9 Å². The quantitative estimate of drug-likeness (QED) is 0.171. The monoisotopic (exact) mass is 726 g/mol. The summed E-state index contributed by atoms with van der Waals surface area (Å²) in [6.45, 7) is 1.03. The zero-order valence-corrected chi connectivity index (χ0v) is 29.2. The van der Waals surface area contributed by atoms with Gasteiger partial charge in [-0.15, -0.1) is 11.8 Å². The van der Waals surface area contributed by atoms with Crippen molar-refractivity contribution in [2.45, 2.75) is 68.7 Å². The fourth-order valence-corrected chi connectivity index (χ4v) is 7.73. The molecule has 2 aromatic rings. The molecule has 2 amide bonds. The van der Waals surface area contributed by atoms with E-state index in [-0.39, 0.29) is 37.4 Å². The second-order valence-electron chi connectivity index (χ2n) is 12.6. The van der Waals surface area contributed by atoms with E-state index >= 15 is 0 Å². The Kier molecular flexibility index (Phi) is 12.8. The third kappa shape index (κ3) is 8.69. The Bertz CT molecular complexity index is 1440. The summed E-state index contributed by atoms with van der Waals surface area (Å²) in [5.74, 6) is 1.51. The molecule has 12 nitrogen and oxygen atoms in total. The van der Waals surface area contributed by atoms with E-state index in [1.807, 2.05) is 23.1 Å². The van der Waals surface area contributed by atoms with Crippen LogP contribution in [0.15, 0.2) is 36.4 Å². The van der Waals surface area contributed by atoms with Crippen LogP contribution in [0.5, 0.6) is 5.75 Å². The summed E-state index contributed by atoms with van der Waals surface area (Å²) in [6, 6.07) is 11.8. The summed E-state index contributed by atoms with van der Waals surface area (Å²) in [4.78, 5) is 34.2. The van der Waals surface area contributed by atoms with Crippen LogP contribution in [-0.2, 0) is 16.1 Å². The van der Waals surface area contributed by atoms with Gasteiger partial charge in [0, 0.05) is 68.4 Å². The first-order chi connectivity index (χ1) is 23.0. The summed E-state index contributed by atoms with van der Waals surface area (Å²) in [6.07, 6.45) is -3.86. The summed E-state index contributed by atoms with van der Waals surface area (Å²) >= 11 is 15.0. The van der Waals surface area contributed by atoms with Crippen LogP contribution in [0.4, 0.5) is 11.4 Å². The minimum absolute atomic E-state index is 0.0761. The number of fused-ring (bicyclic) bond motifs is 1. The molecule has 0 spiro atoms. The maximum Gasteiger partial charge on any atom is 0.245 e. The smallest absolute Gasteiger partial charge is 0.245 e. The third-order valence-corrected chi connectivity index (χ3v) is 10.8. The standard InChI is InChI=1S/C33H44Cl2N4O8S/c1-36(16-27(41)31(44)32(45)28(42)17-40)30(43)7-4-12-47-29-14-22(34)20(13-23(29)35)15-37-19-48-18-26(37)33(46)39-11-10-38(21-8-9-21)24-5-2-3-6-25(24)39/h2-3,5-6,13-14,21,26-28,31-32,40-42,44-45H,4,7-12,15-19H2,1H3/t26-,27-,28+,31+,32+/m0/s1. The number of likely N-dealkylation sites (N-methyl/N-ethyl adjacent to an activating group) is 1. The van der Waals surface area contributed by atoms with Crippen molar-refractivity contribution in [3.05, 3.63) is 52.0 Å². The van der Waals surface area contributed by atoms with Crippen LogP contribution >= 0.6 is 35.0 Å². The Morgan fingerprint density at radius 3 is 2.44 bits per heavy atom. The molecule has 5 N–H and O–H groups in total. The Balaban J connectivity index is 1.11. The van der Waals surface area contributed by atoms with Crippen LogP contribution in [0.25, 0.3) is 0 Å². The number of ether oxygens (including phenoxy) is 1. The predicted octanol–water partition coefficient (Wildman–Crippen LogP) is 1.94. The van der Waals surface area contributed by atoms with E-state index < -0.39 is 31.0 Å². The molecule has 0 radical (unpaired) electrons. The fraction of sp³-hybridized carbons (Fsp3) is 0.576. The van der Waals surface area contributed by atoms with Gasteiger partial charge in [0.25, 0.3) is 0 Å². The van der Waals surface area contributed by atoms with E-state index in [1.165, 1.54) is 24.8 Å². The number of para-hydroxylation sites is 2. The first kappa shape index (κ1) is 36.9. The van der Waals surface area contributed by atoms with Gasteiger partial charge in [-0.05, 0) is 43.0 Å². The van der Waals surface area contributed by atoms with Crippen molar-refractivity contribution in [1.82, 2.24) is 9.80 Å². The zero-order chi connectivity index (χ0) is 34.5. The lowest BCUT2D eigenvalue weighted by Crippen LogP contribution is -2.52. The molecule has 5 atom stereocenters. The number of aliphatic hydroxyl groups excluding tert-OH is 5. The number of rotatable bonds is 15. The topological polar surface area (TPSA) is 157 Å². The van der Waals surface area contributed by atoms with Crippen LogP contribution in [0, 0.1) is 0 Å². The number of aliphatic hydroxyl groups is 5. The molecule has 2 aliphatic heterocycles. The van der Waals surface area contributed by atoms with Gasteiger partial charge >= 0.3 is 0 Å². The van der Waals surface area contributed by atoms with Crippen molar-refractivity contribution in [3.8, 4) is 5.75 Å². The minimum atomic E-state index is -1.76. The van der Waals surface area contributed by atoms with Crippen LogP contribution in [0.3, 0.4) is 0 Å². The average molecular weight is 728 g/mol. The lowest BCUT2D eigenvalue weighted by molar-refractivity contribution is -0.138. The van der Waals surface area contributed by atoms with E-state index in [0.717, 1.165) is 23.5 Å². The summed E-state index contributed by atoms with van der Waals surface area (Å²) in [7, 11) is 1.44. The highest BCUT2D eigenvalue weighted by atomic mass is 35.5. The summed E-state index contributed by atoms with van der Waals surface area (Å²) < 4.78 is 5.82. The normalized spacial score (nSPS) is 20.6. The minimum Gasteiger partial charge on any atom is -0.492 e. The molecule has 48 heavy (non-hydrogen) atoms. The van der Waals surface area contributed by atoms with Gasteiger partial charge in [-0.2, -0.15) is 0 Å². The Labute approximate surface area is 294 Å². The molecular weight excluding hydrogens is 683 g/mol. The van der Waals surface area contributed by atoms with Crippen molar-refractivity contribution in [2.75, 3.05) is 61.3 Å². The van der Waals surface area contributed by atoms with Crippen molar-refractivity contribution in [2.24, 2.45) is 0 Å². The number of carbonyl (C=O) groups is 2. The molecule has 2 heterocycles. The molecule has 3 aliphatic rings. The van der Waals surface area contributed by atoms with Gasteiger partial charge < -0.3 is 45.0 Å². The van der Waals surface area contributed by atoms with Gasteiger partial charge in [0.15, 0.2) is 0 Å². The predicted molar refractivity (Wildman–Crippen MR) is 186 cm³/mol. The fourth-order valence-electron chi connectivity index (χ4n) is 6.09.